The van der Waals surface area contributed by atoms with E-state index in [-0.39, 0.29) is 10.8 Å². The zero-order valence-electron chi connectivity index (χ0n) is 12.1. The minimum absolute atomic E-state index is 0.0736. The summed E-state index contributed by atoms with van der Waals surface area (Å²) in [6.45, 7) is 2.17. The van der Waals surface area contributed by atoms with Crippen molar-refractivity contribution in [3.05, 3.63) is 59.4 Å². The van der Waals surface area contributed by atoms with Crippen molar-refractivity contribution in [2.75, 3.05) is 6.54 Å². The van der Waals surface area contributed by atoms with Crippen LogP contribution < -0.4 is 10.5 Å². The summed E-state index contributed by atoms with van der Waals surface area (Å²) in [6.07, 6.45) is 4.07. The number of aryl methyl sites for hydroxylation is 1. The fraction of sp³-hybridized carbons (Fsp3) is 0.200. The smallest absolute Gasteiger partial charge is 0.251 e. The number of aromatic nitrogens is 1. The number of nitrogens with two attached hydrogens (primary N) is 1. The van der Waals surface area contributed by atoms with Crippen molar-refractivity contribution in [3.8, 4) is 0 Å². The van der Waals surface area contributed by atoms with E-state index < -0.39 is 10.0 Å². The van der Waals surface area contributed by atoms with Gasteiger partial charge in [-0.05, 0) is 42.7 Å². The Labute approximate surface area is 129 Å². The highest BCUT2D eigenvalue weighted by Crippen LogP contribution is 2.14. The molecule has 0 saturated heterocycles. The zero-order valence-corrected chi connectivity index (χ0v) is 12.9. The number of sulfonamides is 1. The lowest BCUT2D eigenvalue weighted by Gasteiger charge is -2.09. The number of rotatable bonds is 5. The number of carbonyl (C=O) groups excluding carboxylic acids is 1. The third-order valence-corrected chi connectivity index (χ3v) is 4.12. The summed E-state index contributed by atoms with van der Waals surface area (Å²) in [5.74, 6) is -0.327. The second-order valence-electron chi connectivity index (χ2n) is 4.89. The van der Waals surface area contributed by atoms with Gasteiger partial charge in [0.15, 0.2) is 0 Å². The van der Waals surface area contributed by atoms with Crippen LogP contribution in [-0.2, 0) is 16.4 Å². The quantitative estimate of drug-likeness (QED) is 0.858. The van der Waals surface area contributed by atoms with E-state index in [9.17, 15) is 13.2 Å². The van der Waals surface area contributed by atoms with Crippen molar-refractivity contribution in [3.63, 3.8) is 0 Å². The van der Waals surface area contributed by atoms with Crippen molar-refractivity contribution in [1.29, 1.82) is 0 Å². The molecule has 0 spiro atoms. The molecule has 22 heavy (non-hydrogen) atoms. The molecule has 1 amide bonds. The second-order valence-corrected chi connectivity index (χ2v) is 6.45. The minimum Gasteiger partial charge on any atom is -0.352 e. The number of primary sulfonamides is 1. The fourth-order valence-corrected chi connectivity index (χ4v) is 2.52. The topological polar surface area (TPSA) is 102 Å². The fourth-order valence-electron chi connectivity index (χ4n) is 1.98. The SMILES string of the molecule is Cc1ccc(S(N)(=O)=O)cc1C(=O)NCCc1cccnc1. The first-order chi connectivity index (χ1) is 10.4. The van der Waals surface area contributed by atoms with Crippen molar-refractivity contribution < 1.29 is 13.2 Å². The van der Waals surface area contributed by atoms with Gasteiger partial charge in [0, 0.05) is 24.5 Å². The van der Waals surface area contributed by atoms with E-state index in [1.807, 2.05) is 12.1 Å². The first-order valence-corrected chi connectivity index (χ1v) is 8.23. The molecule has 0 radical (unpaired) electrons. The summed E-state index contributed by atoms with van der Waals surface area (Å²) in [5.41, 5.74) is 2.00. The number of pyridine rings is 1. The molecule has 2 aromatic rings. The maximum atomic E-state index is 12.2. The molecule has 0 atom stereocenters. The summed E-state index contributed by atoms with van der Waals surface area (Å²) in [7, 11) is -3.83. The third-order valence-electron chi connectivity index (χ3n) is 3.20. The van der Waals surface area contributed by atoms with Crippen LogP contribution in [0.4, 0.5) is 0 Å². The van der Waals surface area contributed by atoms with E-state index in [0.717, 1.165) is 5.56 Å². The van der Waals surface area contributed by atoms with Crippen molar-refractivity contribution in [2.45, 2.75) is 18.2 Å². The number of nitrogens with zero attached hydrogens (tertiary/aromatic N) is 1. The van der Waals surface area contributed by atoms with Gasteiger partial charge in [0.1, 0.15) is 0 Å². The third kappa shape index (κ3) is 4.12. The van der Waals surface area contributed by atoms with E-state index in [0.29, 0.717) is 24.1 Å². The minimum atomic E-state index is -3.83. The predicted octanol–water partition coefficient (Wildman–Crippen LogP) is 1.01. The van der Waals surface area contributed by atoms with Crippen molar-refractivity contribution in [1.82, 2.24) is 10.3 Å². The van der Waals surface area contributed by atoms with Crippen LogP contribution in [0.1, 0.15) is 21.5 Å². The Bertz CT molecular complexity index is 774. The molecule has 0 fully saturated rings. The van der Waals surface area contributed by atoms with Gasteiger partial charge in [0.25, 0.3) is 5.91 Å². The second kappa shape index (κ2) is 6.67. The predicted molar refractivity (Wildman–Crippen MR) is 82.8 cm³/mol. The average Bonchev–Trinajstić information content (AvgIpc) is 2.47. The normalized spacial score (nSPS) is 11.2. The summed E-state index contributed by atoms with van der Waals surface area (Å²) >= 11 is 0. The molecule has 0 bridgehead atoms. The van der Waals surface area contributed by atoms with Gasteiger partial charge in [-0.1, -0.05) is 12.1 Å². The Kier molecular flexibility index (Phi) is 4.89. The van der Waals surface area contributed by atoms with E-state index in [2.05, 4.69) is 10.3 Å². The van der Waals surface area contributed by atoms with E-state index in [1.165, 1.54) is 12.1 Å². The molecular weight excluding hydrogens is 302 g/mol. The monoisotopic (exact) mass is 319 g/mol. The molecule has 0 unspecified atom stereocenters. The molecule has 3 N–H and O–H groups in total. The Morgan fingerprint density at radius 3 is 2.73 bits per heavy atom. The van der Waals surface area contributed by atoms with E-state index >= 15 is 0 Å². The lowest BCUT2D eigenvalue weighted by molar-refractivity contribution is 0.0953. The summed E-state index contributed by atoms with van der Waals surface area (Å²) in [6, 6.07) is 8.00. The molecule has 2 rings (SSSR count). The number of nitrogens with one attached hydrogen (secondary N) is 1. The molecule has 1 aromatic heterocycles. The molecule has 116 valence electrons. The number of hydrogen-bond acceptors (Lipinski definition) is 4. The van der Waals surface area contributed by atoms with Crippen LogP contribution in [0.3, 0.4) is 0 Å². The Hall–Kier alpha value is -2.25. The van der Waals surface area contributed by atoms with Crippen molar-refractivity contribution >= 4 is 15.9 Å². The average molecular weight is 319 g/mol. The summed E-state index contributed by atoms with van der Waals surface area (Å²) < 4.78 is 22.7. The van der Waals surface area contributed by atoms with Gasteiger partial charge in [-0.15, -0.1) is 0 Å². The van der Waals surface area contributed by atoms with E-state index in [1.54, 1.807) is 25.4 Å². The molecule has 0 aliphatic rings. The summed E-state index contributed by atoms with van der Waals surface area (Å²) in [4.78, 5) is 16.1. The molecule has 6 nitrogen and oxygen atoms in total. The zero-order chi connectivity index (χ0) is 16.2. The number of carbonyl (C=O) groups is 1. The Morgan fingerprint density at radius 1 is 1.32 bits per heavy atom. The van der Waals surface area contributed by atoms with Gasteiger partial charge < -0.3 is 5.32 Å². The lowest BCUT2D eigenvalue weighted by atomic mass is 10.1. The molecule has 0 aliphatic carbocycles. The van der Waals surface area contributed by atoms with Crippen molar-refractivity contribution in [2.24, 2.45) is 5.14 Å². The molecule has 1 aromatic carbocycles. The highest BCUT2D eigenvalue weighted by molar-refractivity contribution is 7.89. The standard InChI is InChI=1S/C15H17N3O3S/c1-11-4-5-13(22(16,20)21)9-14(11)15(19)18-8-6-12-3-2-7-17-10-12/h2-5,7,9-10H,6,8H2,1H3,(H,18,19)(H2,16,20,21). The highest BCUT2D eigenvalue weighted by atomic mass is 32.2. The highest BCUT2D eigenvalue weighted by Gasteiger charge is 2.14. The first kappa shape index (κ1) is 16.1. The van der Waals surface area contributed by atoms with Crippen LogP contribution in [-0.4, -0.2) is 25.9 Å². The van der Waals surface area contributed by atoms with Gasteiger partial charge in [-0.2, -0.15) is 0 Å². The van der Waals surface area contributed by atoms with Gasteiger partial charge in [0.05, 0.1) is 4.90 Å². The first-order valence-electron chi connectivity index (χ1n) is 6.68. The lowest BCUT2D eigenvalue weighted by Crippen LogP contribution is -2.27. The maximum absolute atomic E-state index is 12.2. The molecule has 0 aliphatic heterocycles. The molecule has 7 heteroatoms. The van der Waals surface area contributed by atoms with Crippen LogP contribution in [0.15, 0.2) is 47.6 Å². The van der Waals surface area contributed by atoms with Gasteiger partial charge in [-0.3, -0.25) is 9.78 Å². The Morgan fingerprint density at radius 2 is 2.09 bits per heavy atom. The number of benzene rings is 1. The maximum Gasteiger partial charge on any atom is 0.251 e. The molecule has 0 saturated carbocycles. The van der Waals surface area contributed by atoms with Crippen LogP contribution in [0.25, 0.3) is 0 Å². The van der Waals surface area contributed by atoms with Crippen LogP contribution in [0.2, 0.25) is 0 Å². The van der Waals surface area contributed by atoms with E-state index in [4.69, 9.17) is 5.14 Å². The largest absolute Gasteiger partial charge is 0.352 e. The molecule has 1 heterocycles. The summed E-state index contributed by atoms with van der Waals surface area (Å²) in [5, 5.41) is 7.85. The number of amides is 1. The van der Waals surface area contributed by atoms with Crippen LogP contribution in [0, 0.1) is 6.92 Å². The molecular formula is C15H17N3O3S. The van der Waals surface area contributed by atoms with Crippen LogP contribution in [0.5, 0.6) is 0 Å². The Balaban J connectivity index is 2.06. The van der Waals surface area contributed by atoms with Crippen LogP contribution >= 0.6 is 0 Å². The van der Waals surface area contributed by atoms with Gasteiger partial charge in [-0.25, -0.2) is 13.6 Å². The van der Waals surface area contributed by atoms with Gasteiger partial charge >= 0.3 is 0 Å². The van der Waals surface area contributed by atoms with Gasteiger partial charge in [0.2, 0.25) is 10.0 Å². The number of hydrogen-bond donors (Lipinski definition) is 2.